The van der Waals surface area contributed by atoms with E-state index < -0.39 is 0 Å². The molecule has 0 aliphatic carbocycles. The zero-order valence-electron chi connectivity index (χ0n) is 7.58. The second kappa shape index (κ2) is 5.02. The van der Waals surface area contributed by atoms with Crippen LogP contribution in [0, 0.1) is 0 Å². The van der Waals surface area contributed by atoms with Crippen molar-refractivity contribution in [1.29, 1.82) is 0 Å². The van der Waals surface area contributed by atoms with E-state index in [1.165, 1.54) is 17.5 Å². The number of hydrogen-bond acceptors (Lipinski definition) is 3. The van der Waals surface area contributed by atoms with Gasteiger partial charge in [0.25, 0.3) is 5.24 Å². The number of amides is 1. The zero-order chi connectivity index (χ0) is 8.97. The van der Waals surface area contributed by atoms with Crippen LogP contribution in [0.25, 0.3) is 0 Å². The topological polar surface area (TPSA) is 20.3 Å². The van der Waals surface area contributed by atoms with Gasteiger partial charge < -0.3 is 4.90 Å². The molecule has 2 nitrogen and oxygen atoms in total. The van der Waals surface area contributed by atoms with Crippen molar-refractivity contribution in [3.8, 4) is 0 Å². The van der Waals surface area contributed by atoms with E-state index in [1.54, 1.807) is 0 Å². The summed E-state index contributed by atoms with van der Waals surface area (Å²) in [6, 6.07) is 0. The summed E-state index contributed by atoms with van der Waals surface area (Å²) in [6.45, 7) is 5.71. The van der Waals surface area contributed by atoms with Crippen molar-refractivity contribution in [1.82, 2.24) is 4.90 Å². The van der Waals surface area contributed by atoms with Gasteiger partial charge in [-0.3, -0.25) is 4.79 Å². The molecule has 1 atom stereocenters. The molecule has 4 heteroatoms. The van der Waals surface area contributed by atoms with Crippen LogP contribution in [0.3, 0.4) is 0 Å². The second-order valence-electron chi connectivity index (χ2n) is 2.70. The van der Waals surface area contributed by atoms with Gasteiger partial charge in [0.05, 0.1) is 0 Å². The molecule has 1 amide bonds. The lowest BCUT2D eigenvalue weighted by atomic mass is 10.6. The first-order valence-corrected chi connectivity index (χ1v) is 6.34. The Balaban J connectivity index is 2.15. The maximum absolute atomic E-state index is 11.4. The van der Waals surface area contributed by atoms with Crippen molar-refractivity contribution in [3.63, 3.8) is 0 Å². The number of carbonyl (C=O) groups excluding carboxylic acids is 1. The summed E-state index contributed by atoms with van der Waals surface area (Å²) >= 11 is 3.42. The lowest BCUT2D eigenvalue weighted by molar-refractivity contribution is 0.228. The summed E-state index contributed by atoms with van der Waals surface area (Å²) in [6.07, 6.45) is 0. The molecule has 1 unspecified atom stereocenters. The number of thioether (sulfide) groups is 2. The molecule has 12 heavy (non-hydrogen) atoms. The highest BCUT2D eigenvalue weighted by molar-refractivity contribution is 8.15. The molecule has 1 heterocycles. The van der Waals surface area contributed by atoms with Gasteiger partial charge in [0.2, 0.25) is 0 Å². The van der Waals surface area contributed by atoms with Crippen molar-refractivity contribution < 1.29 is 4.79 Å². The van der Waals surface area contributed by atoms with Crippen LogP contribution in [-0.2, 0) is 0 Å². The van der Waals surface area contributed by atoms with Gasteiger partial charge in [0, 0.05) is 29.8 Å². The average Bonchev–Trinajstić information content (AvgIpc) is 2.86. The van der Waals surface area contributed by atoms with Crippen LogP contribution in [0.15, 0.2) is 0 Å². The van der Waals surface area contributed by atoms with Crippen molar-refractivity contribution in [3.05, 3.63) is 0 Å². The Morgan fingerprint density at radius 1 is 1.58 bits per heavy atom. The van der Waals surface area contributed by atoms with Gasteiger partial charge in [-0.15, -0.1) is 0 Å². The lowest BCUT2D eigenvalue weighted by Gasteiger charge is -2.17. The van der Waals surface area contributed by atoms with Crippen LogP contribution in [0.1, 0.15) is 13.8 Å². The highest BCUT2D eigenvalue weighted by Gasteiger charge is 2.24. The minimum absolute atomic E-state index is 0.243. The summed E-state index contributed by atoms with van der Waals surface area (Å²) in [5.74, 6) is 2.25. The molecule has 0 radical (unpaired) electrons. The molecule has 1 saturated heterocycles. The van der Waals surface area contributed by atoms with E-state index in [2.05, 4.69) is 0 Å². The Bertz CT molecular complexity index is 155. The van der Waals surface area contributed by atoms with E-state index in [1.807, 2.05) is 30.5 Å². The third kappa shape index (κ3) is 3.27. The van der Waals surface area contributed by atoms with E-state index in [4.69, 9.17) is 0 Å². The highest BCUT2D eigenvalue weighted by Crippen LogP contribution is 2.33. The van der Waals surface area contributed by atoms with E-state index in [0.29, 0.717) is 0 Å². The fraction of sp³-hybridized carbons (Fsp3) is 0.875. The van der Waals surface area contributed by atoms with Crippen LogP contribution in [0.5, 0.6) is 0 Å². The quantitative estimate of drug-likeness (QED) is 0.657. The number of carbonyl (C=O) groups is 1. The van der Waals surface area contributed by atoms with Crippen LogP contribution in [-0.4, -0.2) is 40.0 Å². The Hall–Kier alpha value is 0.170. The summed E-state index contributed by atoms with van der Waals surface area (Å²) in [5.41, 5.74) is 0. The fourth-order valence-electron chi connectivity index (χ4n) is 0.902. The monoisotopic (exact) mass is 205 g/mol. The smallest absolute Gasteiger partial charge is 0.281 e. The van der Waals surface area contributed by atoms with Crippen LogP contribution < -0.4 is 0 Å². The number of nitrogens with zero attached hydrogens (tertiary/aromatic N) is 1. The molecular weight excluding hydrogens is 190 g/mol. The van der Waals surface area contributed by atoms with Crippen LogP contribution in [0.2, 0.25) is 0 Å². The van der Waals surface area contributed by atoms with Gasteiger partial charge in [-0.1, -0.05) is 11.8 Å². The third-order valence-corrected chi connectivity index (χ3v) is 4.07. The molecule has 0 aromatic heterocycles. The maximum Gasteiger partial charge on any atom is 0.281 e. The lowest BCUT2D eigenvalue weighted by Crippen LogP contribution is -2.27. The van der Waals surface area contributed by atoms with Gasteiger partial charge in [0.15, 0.2) is 0 Å². The van der Waals surface area contributed by atoms with Gasteiger partial charge in [-0.2, -0.15) is 11.8 Å². The molecule has 1 rings (SSSR count). The largest absolute Gasteiger partial charge is 0.334 e. The Morgan fingerprint density at radius 2 is 2.17 bits per heavy atom. The zero-order valence-corrected chi connectivity index (χ0v) is 9.21. The molecule has 0 bridgehead atoms. The molecule has 1 aliphatic rings. The first-order chi connectivity index (χ1) is 5.77. The number of rotatable bonds is 4. The summed E-state index contributed by atoms with van der Waals surface area (Å²) in [7, 11) is 0. The third-order valence-electron chi connectivity index (χ3n) is 1.82. The minimum atomic E-state index is 0.243. The van der Waals surface area contributed by atoms with Gasteiger partial charge in [0.1, 0.15) is 0 Å². The highest BCUT2D eigenvalue weighted by atomic mass is 32.2. The summed E-state index contributed by atoms with van der Waals surface area (Å²) in [4.78, 5) is 13.3. The van der Waals surface area contributed by atoms with Crippen LogP contribution >= 0.6 is 23.5 Å². The predicted molar refractivity (Wildman–Crippen MR) is 57.0 cm³/mol. The molecule has 1 aliphatic heterocycles. The first-order valence-electron chi connectivity index (χ1n) is 4.31. The van der Waals surface area contributed by atoms with Crippen molar-refractivity contribution in [2.75, 3.05) is 24.6 Å². The second-order valence-corrected chi connectivity index (χ2v) is 5.01. The maximum atomic E-state index is 11.4. The molecule has 0 N–H and O–H groups in total. The Labute approximate surface area is 82.5 Å². The molecular formula is C8H15NOS2. The molecule has 0 saturated carbocycles. The van der Waals surface area contributed by atoms with Crippen molar-refractivity contribution in [2.24, 2.45) is 0 Å². The van der Waals surface area contributed by atoms with Gasteiger partial charge in [-0.25, -0.2) is 0 Å². The molecule has 1 fully saturated rings. The Kier molecular flexibility index (Phi) is 4.29. The van der Waals surface area contributed by atoms with Crippen molar-refractivity contribution in [2.45, 2.75) is 19.1 Å². The molecule has 0 aromatic rings. The van der Waals surface area contributed by atoms with Gasteiger partial charge in [-0.05, 0) is 13.8 Å². The van der Waals surface area contributed by atoms with Crippen molar-refractivity contribution >= 4 is 28.8 Å². The first kappa shape index (κ1) is 10.3. The number of hydrogen-bond donors (Lipinski definition) is 0. The van der Waals surface area contributed by atoms with Gasteiger partial charge >= 0.3 is 0 Å². The molecule has 0 aromatic carbocycles. The Morgan fingerprint density at radius 3 is 2.58 bits per heavy atom. The fourth-order valence-corrected chi connectivity index (χ4v) is 2.78. The SMILES string of the molecule is CCN(CC)C(=O)SCC1CS1. The summed E-state index contributed by atoms with van der Waals surface area (Å²) < 4.78 is 0. The van der Waals surface area contributed by atoms with E-state index in [0.717, 1.165) is 24.1 Å². The molecule has 70 valence electrons. The van der Waals surface area contributed by atoms with E-state index >= 15 is 0 Å². The standard InChI is InChI=1S/C8H15NOS2/c1-3-9(4-2)8(10)12-6-7-5-11-7/h7H,3-6H2,1-2H3. The average molecular weight is 205 g/mol. The predicted octanol–water partition coefficient (Wildman–Crippen LogP) is 2.30. The van der Waals surface area contributed by atoms with Crippen LogP contribution in [0.4, 0.5) is 4.79 Å². The van der Waals surface area contributed by atoms with E-state index in [-0.39, 0.29) is 5.24 Å². The minimum Gasteiger partial charge on any atom is -0.334 e. The summed E-state index contributed by atoms with van der Waals surface area (Å²) in [5, 5.41) is 1.00. The molecule has 0 spiro atoms. The normalized spacial score (nSPS) is 20.7. The van der Waals surface area contributed by atoms with E-state index in [9.17, 15) is 4.79 Å².